The Morgan fingerprint density at radius 3 is 2.67 bits per heavy atom. The second-order valence-electron chi connectivity index (χ2n) is 7.58. The van der Waals surface area contributed by atoms with Crippen molar-refractivity contribution in [1.29, 1.82) is 0 Å². The standard InChI is InChI=1S/C18H34N2O4/c1-4-24-15-12-18(19,17(15,2)3)16(21)20-8-5-9-23-13-14-6-10-22-11-7-14/h14-15H,4-13,19H2,1-3H3,(H,20,21). The van der Waals surface area contributed by atoms with Gasteiger partial charge in [0.2, 0.25) is 5.91 Å². The summed E-state index contributed by atoms with van der Waals surface area (Å²) < 4.78 is 16.7. The van der Waals surface area contributed by atoms with Gasteiger partial charge in [0, 0.05) is 51.4 Å². The van der Waals surface area contributed by atoms with Gasteiger partial charge < -0.3 is 25.3 Å². The summed E-state index contributed by atoms with van der Waals surface area (Å²) in [5.41, 5.74) is 5.17. The molecule has 2 atom stereocenters. The number of nitrogens with one attached hydrogen (secondary N) is 1. The number of hydrogen-bond donors (Lipinski definition) is 2. The van der Waals surface area contributed by atoms with Crippen LogP contribution in [-0.4, -0.2) is 57.1 Å². The van der Waals surface area contributed by atoms with Gasteiger partial charge in [-0.3, -0.25) is 4.79 Å². The zero-order valence-corrected chi connectivity index (χ0v) is 15.4. The summed E-state index contributed by atoms with van der Waals surface area (Å²) in [5, 5.41) is 2.96. The van der Waals surface area contributed by atoms with Crippen molar-refractivity contribution in [1.82, 2.24) is 5.32 Å². The number of amides is 1. The van der Waals surface area contributed by atoms with Crippen molar-refractivity contribution >= 4 is 5.91 Å². The Balaban J connectivity index is 1.59. The molecule has 2 fully saturated rings. The molecule has 1 aliphatic heterocycles. The number of hydrogen-bond acceptors (Lipinski definition) is 5. The van der Waals surface area contributed by atoms with Crippen molar-refractivity contribution in [2.24, 2.45) is 17.1 Å². The Hall–Kier alpha value is -0.690. The molecule has 3 N–H and O–H groups in total. The molecule has 0 spiro atoms. The maximum absolute atomic E-state index is 12.4. The number of ether oxygens (including phenoxy) is 3. The Labute approximate surface area is 145 Å². The molecule has 1 aliphatic carbocycles. The fourth-order valence-electron chi connectivity index (χ4n) is 3.52. The second-order valence-corrected chi connectivity index (χ2v) is 7.58. The van der Waals surface area contributed by atoms with Gasteiger partial charge >= 0.3 is 0 Å². The molecule has 0 aromatic carbocycles. The molecule has 0 aromatic rings. The van der Waals surface area contributed by atoms with Crippen LogP contribution in [0.3, 0.4) is 0 Å². The van der Waals surface area contributed by atoms with E-state index in [0.717, 1.165) is 39.1 Å². The van der Waals surface area contributed by atoms with Crippen molar-refractivity contribution in [3.05, 3.63) is 0 Å². The average Bonchev–Trinajstić information content (AvgIpc) is 2.58. The topological polar surface area (TPSA) is 82.8 Å². The van der Waals surface area contributed by atoms with Crippen LogP contribution in [0.5, 0.6) is 0 Å². The van der Waals surface area contributed by atoms with Gasteiger partial charge in [-0.2, -0.15) is 0 Å². The normalized spacial score (nSPS) is 29.9. The molecule has 2 unspecified atom stereocenters. The molecule has 2 aliphatic rings. The highest BCUT2D eigenvalue weighted by molar-refractivity contribution is 5.88. The van der Waals surface area contributed by atoms with Crippen LogP contribution >= 0.6 is 0 Å². The molecule has 1 saturated carbocycles. The molecular weight excluding hydrogens is 308 g/mol. The first kappa shape index (κ1) is 19.6. The van der Waals surface area contributed by atoms with Crippen LogP contribution in [0.25, 0.3) is 0 Å². The van der Waals surface area contributed by atoms with Crippen LogP contribution < -0.4 is 11.1 Å². The Bertz CT molecular complexity index is 410. The van der Waals surface area contributed by atoms with E-state index < -0.39 is 5.54 Å². The number of rotatable bonds is 9. The van der Waals surface area contributed by atoms with E-state index in [9.17, 15) is 4.79 Å². The summed E-state index contributed by atoms with van der Waals surface area (Å²) >= 11 is 0. The van der Waals surface area contributed by atoms with Crippen LogP contribution in [0, 0.1) is 11.3 Å². The highest BCUT2D eigenvalue weighted by Gasteiger charge is 2.62. The van der Waals surface area contributed by atoms with Gasteiger partial charge in [-0.25, -0.2) is 0 Å². The number of carbonyl (C=O) groups is 1. The molecule has 1 amide bonds. The van der Waals surface area contributed by atoms with Gasteiger partial charge in [0.15, 0.2) is 0 Å². The molecule has 1 heterocycles. The van der Waals surface area contributed by atoms with Crippen LogP contribution in [0.15, 0.2) is 0 Å². The van der Waals surface area contributed by atoms with E-state index in [1.165, 1.54) is 0 Å². The minimum atomic E-state index is -0.838. The smallest absolute Gasteiger partial charge is 0.240 e. The van der Waals surface area contributed by atoms with Gasteiger partial charge in [-0.1, -0.05) is 13.8 Å². The molecular formula is C18H34N2O4. The van der Waals surface area contributed by atoms with Crippen LogP contribution in [-0.2, 0) is 19.0 Å². The quantitative estimate of drug-likeness (QED) is 0.620. The van der Waals surface area contributed by atoms with E-state index in [4.69, 9.17) is 19.9 Å². The number of carbonyl (C=O) groups excluding carboxylic acids is 1. The maximum Gasteiger partial charge on any atom is 0.240 e. The first-order valence-electron chi connectivity index (χ1n) is 9.26. The predicted octanol–water partition coefficient (Wildman–Crippen LogP) is 1.47. The van der Waals surface area contributed by atoms with Crippen molar-refractivity contribution in [3.8, 4) is 0 Å². The second kappa shape index (κ2) is 8.61. The van der Waals surface area contributed by atoms with Crippen molar-refractivity contribution in [2.45, 2.75) is 58.1 Å². The van der Waals surface area contributed by atoms with E-state index in [0.29, 0.717) is 32.1 Å². The highest BCUT2D eigenvalue weighted by atomic mass is 16.5. The van der Waals surface area contributed by atoms with Crippen molar-refractivity contribution < 1.29 is 19.0 Å². The minimum absolute atomic E-state index is 0.0565. The Morgan fingerprint density at radius 2 is 2.04 bits per heavy atom. The van der Waals surface area contributed by atoms with Gasteiger partial charge in [0.25, 0.3) is 0 Å². The Morgan fingerprint density at radius 1 is 1.33 bits per heavy atom. The molecule has 140 valence electrons. The highest BCUT2D eigenvalue weighted by Crippen LogP contribution is 2.49. The lowest BCUT2D eigenvalue weighted by Crippen LogP contribution is -2.75. The maximum atomic E-state index is 12.4. The molecule has 0 bridgehead atoms. The van der Waals surface area contributed by atoms with Crippen molar-refractivity contribution in [3.63, 3.8) is 0 Å². The van der Waals surface area contributed by atoms with E-state index >= 15 is 0 Å². The third kappa shape index (κ3) is 4.28. The van der Waals surface area contributed by atoms with Crippen LogP contribution in [0.2, 0.25) is 0 Å². The van der Waals surface area contributed by atoms with E-state index in [1.807, 2.05) is 20.8 Å². The summed E-state index contributed by atoms with van der Waals surface area (Å²) in [7, 11) is 0. The summed E-state index contributed by atoms with van der Waals surface area (Å²) in [6.45, 7) is 10.4. The average molecular weight is 342 g/mol. The van der Waals surface area contributed by atoms with Crippen LogP contribution in [0.4, 0.5) is 0 Å². The lowest BCUT2D eigenvalue weighted by molar-refractivity contribution is -0.170. The first-order chi connectivity index (χ1) is 11.4. The monoisotopic (exact) mass is 342 g/mol. The van der Waals surface area contributed by atoms with E-state index in [-0.39, 0.29) is 17.4 Å². The first-order valence-corrected chi connectivity index (χ1v) is 9.26. The fourth-order valence-corrected chi connectivity index (χ4v) is 3.52. The molecule has 1 saturated heterocycles. The molecule has 0 aromatic heterocycles. The predicted molar refractivity (Wildman–Crippen MR) is 92.7 cm³/mol. The molecule has 24 heavy (non-hydrogen) atoms. The van der Waals surface area contributed by atoms with Gasteiger partial charge in [0.1, 0.15) is 5.54 Å². The summed E-state index contributed by atoms with van der Waals surface area (Å²) in [6, 6.07) is 0. The van der Waals surface area contributed by atoms with Gasteiger partial charge in [0.05, 0.1) is 6.10 Å². The van der Waals surface area contributed by atoms with Crippen molar-refractivity contribution in [2.75, 3.05) is 39.6 Å². The van der Waals surface area contributed by atoms with E-state index in [1.54, 1.807) is 0 Å². The molecule has 2 rings (SSSR count). The zero-order valence-electron chi connectivity index (χ0n) is 15.4. The summed E-state index contributed by atoms with van der Waals surface area (Å²) in [4.78, 5) is 12.4. The molecule has 6 heteroatoms. The zero-order chi connectivity index (χ0) is 17.6. The van der Waals surface area contributed by atoms with Crippen LogP contribution in [0.1, 0.15) is 46.5 Å². The summed E-state index contributed by atoms with van der Waals surface area (Å²) in [5.74, 6) is 0.541. The van der Waals surface area contributed by atoms with Gasteiger partial charge in [-0.05, 0) is 32.1 Å². The third-order valence-electron chi connectivity index (χ3n) is 5.68. The Kier molecular flexibility index (Phi) is 7.04. The van der Waals surface area contributed by atoms with E-state index in [2.05, 4.69) is 5.32 Å². The SMILES string of the molecule is CCOC1CC(N)(C(=O)NCCCOCC2CCOCC2)C1(C)C. The lowest BCUT2D eigenvalue weighted by Gasteiger charge is -2.57. The van der Waals surface area contributed by atoms with Gasteiger partial charge in [-0.15, -0.1) is 0 Å². The fraction of sp³-hybridized carbons (Fsp3) is 0.944. The minimum Gasteiger partial charge on any atom is -0.381 e. The number of nitrogens with two attached hydrogens (primary N) is 1. The lowest BCUT2D eigenvalue weighted by atomic mass is 9.54. The third-order valence-corrected chi connectivity index (χ3v) is 5.68. The molecule has 6 nitrogen and oxygen atoms in total. The molecule has 0 radical (unpaired) electrons. The largest absolute Gasteiger partial charge is 0.381 e. The summed E-state index contributed by atoms with van der Waals surface area (Å²) in [6.07, 6.45) is 3.62.